The molecule has 12 nitrogen and oxygen atoms in total. The summed E-state index contributed by atoms with van der Waals surface area (Å²) in [5, 5.41) is 4.94. The summed E-state index contributed by atoms with van der Waals surface area (Å²) in [6, 6.07) is 25.9. The van der Waals surface area contributed by atoms with Crippen molar-refractivity contribution in [3.63, 3.8) is 0 Å². The van der Waals surface area contributed by atoms with E-state index in [1.807, 2.05) is 74.5 Å². The van der Waals surface area contributed by atoms with Gasteiger partial charge in [-0.1, -0.05) is 80.6 Å². The van der Waals surface area contributed by atoms with Gasteiger partial charge in [-0.25, -0.2) is 24.7 Å². The molecule has 1 amide bonds. The third-order valence-corrected chi connectivity index (χ3v) is 7.98. The van der Waals surface area contributed by atoms with Crippen molar-refractivity contribution < 1.29 is 32.1 Å². The number of nitrogens with two attached hydrogens (primary N) is 2. The number of phosphoric acid groups is 1. The van der Waals surface area contributed by atoms with Crippen LogP contribution in [0.2, 0.25) is 0 Å². The number of hydrazine groups is 1. The predicted octanol–water partition coefficient (Wildman–Crippen LogP) is 6.22. The normalized spacial score (nSPS) is 14.7. The van der Waals surface area contributed by atoms with Crippen LogP contribution in [-0.2, 0) is 36.1 Å². The molecule has 0 bridgehead atoms. The number of hydrazone groups is 1. The standard InChI is InChI=1S/C31H32FN6O6P.C2H6/c1-37(34)36-30(33)29-15-12-24(17-35-29)27-14-13-25(16-28(27)32)38-18-26(44-31(38)39)21-43-45(40,41-19-22-8-4-2-5-9-22)42-20-23-10-6-3-7-11-23;1-2/h2-17,26H,18-21,34H2,1H3,(H2,33,36);1-2H3. The van der Waals surface area contributed by atoms with Gasteiger partial charge in [-0.3, -0.25) is 23.5 Å². The zero-order chi connectivity index (χ0) is 33.8. The molecule has 0 spiro atoms. The first-order valence-electron chi connectivity index (χ1n) is 14.9. The number of ether oxygens (including phenoxy) is 1. The Morgan fingerprint density at radius 2 is 1.62 bits per heavy atom. The van der Waals surface area contributed by atoms with Crippen molar-refractivity contribution in [2.24, 2.45) is 16.7 Å². The second-order valence-corrected chi connectivity index (χ2v) is 11.7. The molecule has 4 N–H and O–H groups in total. The van der Waals surface area contributed by atoms with Crippen molar-refractivity contribution in [3.05, 3.63) is 120 Å². The van der Waals surface area contributed by atoms with Crippen LogP contribution in [0, 0.1) is 5.82 Å². The maximum Gasteiger partial charge on any atom is 0.475 e. The van der Waals surface area contributed by atoms with Crippen molar-refractivity contribution in [2.75, 3.05) is 25.1 Å². The molecular weight excluding hydrogens is 626 g/mol. The molecule has 1 aliphatic heterocycles. The van der Waals surface area contributed by atoms with Gasteiger partial charge < -0.3 is 10.5 Å². The molecule has 4 aromatic rings. The number of anilines is 1. The zero-order valence-corrected chi connectivity index (χ0v) is 27.3. The van der Waals surface area contributed by atoms with Crippen LogP contribution in [0.15, 0.2) is 102 Å². The Bertz CT molecular complexity index is 1630. The van der Waals surface area contributed by atoms with Crippen LogP contribution in [-0.4, -0.2) is 48.3 Å². The summed E-state index contributed by atoms with van der Waals surface area (Å²) in [6.45, 7) is 3.73. The number of cyclic esters (lactones) is 1. The van der Waals surface area contributed by atoms with E-state index in [-0.39, 0.29) is 43.5 Å². The summed E-state index contributed by atoms with van der Waals surface area (Å²) in [4.78, 5) is 18.2. The lowest BCUT2D eigenvalue weighted by atomic mass is 10.1. The monoisotopic (exact) mass is 664 g/mol. The number of hydrogen-bond acceptors (Lipinski definition) is 10. The Hall–Kier alpha value is -4.65. The van der Waals surface area contributed by atoms with Crippen LogP contribution in [0.25, 0.3) is 11.1 Å². The van der Waals surface area contributed by atoms with Gasteiger partial charge in [0.2, 0.25) is 0 Å². The molecule has 1 unspecified atom stereocenters. The number of hydrogen-bond donors (Lipinski definition) is 2. The van der Waals surface area contributed by atoms with Crippen molar-refractivity contribution in [3.8, 4) is 11.1 Å². The van der Waals surface area contributed by atoms with E-state index in [0.717, 1.165) is 16.2 Å². The molecule has 5 rings (SSSR count). The van der Waals surface area contributed by atoms with Crippen LogP contribution in [0.4, 0.5) is 14.9 Å². The number of aromatic nitrogens is 1. The Balaban J connectivity index is 0.00000245. The summed E-state index contributed by atoms with van der Waals surface area (Å²) < 4.78 is 51.1. The summed E-state index contributed by atoms with van der Waals surface area (Å²) in [6.07, 6.45) is -0.0563. The van der Waals surface area contributed by atoms with Gasteiger partial charge in [0, 0.05) is 24.4 Å². The lowest BCUT2D eigenvalue weighted by molar-refractivity contribution is 0.0596. The first kappa shape index (κ1) is 35.2. The Morgan fingerprint density at radius 1 is 1.00 bits per heavy atom. The van der Waals surface area contributed by atoms with Gasteiger partial charge in [0.05, 0.1) is 32.1 Å². The van der Waals surface area contributed by atoms with Crippen LogP contribution >= 0.6 is 7.82 Å². The number of nitrogens with zero attached hydrogens (tertiary/aromatic N) is 4. The van der Waals surface area contributed by atoms with E-state index in [1.54, 1.807) is 18.2 Å². The minimum absolute atomic E-state index is 0.0145. The van der Waals surface area contributed by atoms with Gasteiger partial charge in [0.15, 0.2) is 5.84 Å². The average molecular weight is 665 g/mol. The molecule has 1 saturated heterocycles. The number of amides is 1. The molecule has 0 saturated carbocycles. The third-order valence-electron chi connectivity index (χ3n) is 6.62. The van der Waals surface area contributed by atoms with Crippen LogP contribution < -0.4 is 16.5 Å². The molecule has 1 fully saturated rings. The highest BCUT2D eigenvalue weighted by Gasteiger charge is 2.36. The first-order valence-corrected chi connectivity index (χ1v) is 16.3. The molecule has 248 valence electrons. The van der Waals surface area contributed by atoms with Gasteiger partial charge in [0.25, 0.3) is 0 Å². The SMILES string of the molecule is CC.CN(N)/N=C(\N)c1ccc(-c2ccc(N3CC(COP(=O)(OCc4ccccc4)OCc4ccccc4)OC3=O)cc2F)cn1. The fourth-order valence-corrected chi connectivity index (χ4v) is 5.58. The second-order valence-electron chi connectivity index (χ2n) is 10.0. The highest BCUT2D eigenvalue weighted by Crippen LogP contribution is 2.51. The molecule has 47 heavy (non-hydrogen) atoms. The van der Waals surface area contributed by atoms with Crippen molar-refractivity contribution in [2.45, 2.75) is 33.2 Å². The first-order chi connectivity index (χ1) is 22.7. The van der Waals surface area contributed by atoms with E-state index >= 15 is 4.39 Å². The smallest absolute Gasteiger partial charge is 0.441 e. The van der Waals surface area contributed by atoms with Gasteiger partial charge in [-0.15, -0.1) is 5.10 Å². The fourth-order valence-electron chi connectivity index (χ4n) is 4.39. The molecule has 3 aromatic carbocycles. The highest BCUT2D eigenvalue weighted by atomic mass is 31.2. The minimum atomic E-state index is -4.08. The Labute approximate surface area is 273 Å². The average Bonchev–Trinajstić information content (AvgIpc) is 3.47. The quantitative estimate of drug-likeness (QED) is 0.0553. The number of phosphoric ester groups is 1. The third kappa shape index (κ3) is 9.92. The van der Waals surface area contributed by atoms with E-state index < -0.39 is 25.8 Å². The number of benzene rings is 3. The predicted molar refractivity (Wildman–Crippen MR) is 177 cm³/mol. The molecule has 1 aromatic heterocycles. The second kappa shape index (κ2) is 16.8. The topological polar surface area (TPSA) is 155 Å². The summed E-state index contributed by atoms with van der Waals surface area (Å²) in [5.41, 5.74) is 8.82. The summed E-state index contributed by atoms with van der Waals surface area (Å²) in [7, 11) is -2.56. The number of amidine groups is 1. The molecule has 1 aliphatic rings. The van der Waals surface area contributed by atoms with Crippen molar-refractivity contribution in [1.29, 1.82) is 0 Å². The number of halogens is 1. The van der Waals surface area contributed by atoms with E-state index in [9.17, 15) is 9.36 Å². The van der Waals surface area contributed by atoms with E-state index in [4.69, 9.17) is 29.9 Å². The highest BCUT2D eigenvalue weighted by molar-refractivity contribution is 7.48. The summed E-state index contributed by atoms with van der Waals surface area (Å²) in [5.74, 6) is 5.01. The number of rotatable bonds is 13. The molecule has 0 aliphatic carbocycles. The van der Waals surface area contributed by atoms with Gasteiger partial charge in [-0.05, 0) is 35.4 Å². The molecule has 14 heteroatoms. The molecule has 2 heterocycles. The van der Waals surface area contributed by atoms with Crippen LogP contribution in [0.3, 0.4) is 0 Å². The van der Waals surface area contributed by atoms with Gasteiger partial charge >= 0.3 is 13.9 Å². The fraction of sp³-hybridized carbons (Fsp3) is 0.242. The Morgan fingerprint density at radius 3 is 2.15 bits per heavy atom. The number of carbonyl (C=O) groups is 1. The maximum absolute atomic E-state index is 15.2. The van der Waals surface area contributed by atoms with Crippen LogP contribution in [0.5, 0.6) is 0 Å². The minimum Gasteiger partial charge on any atom is -0.441 e. The van der Waals surface area contributed by atoms with Crippen molar-refractivity contribution >= 4 is 25.4 Å². The number of pyridine rings is 1. The molecular formula is C33H38FN6O6P. The largest absolute Gasteiger partial charge is 0.475 e. The van der Waals surface area contributed by atoms with Crippen molar-refractivity contribution in [1.82, 2.24) is 10.1 Å². The lowest BCUT2D eigenvalue weighted by Gasteiger charge is -2.20. The van der Waals surface area contributed by atoms with Crippen LogP contribution in [0.1, 0.15) is 30.7 Å². The lowest BCUT2D eigenvalue weighted by Crippen LogP contribution is -2.26. The maximum atomic E-state index is 15.2. The van der Waals surface area contributed by atoms with Gasteiger partial charge in [0.1, 0.15) is 17.6 Å². The van der Waals surface area contributed by atoms with Gasteiger partial charge in [-0.2, -0.15) is 0 Å². The van der Waals surface area contributed by atoms with E-state index in [1.165, 1.54) is 30.3 Å². The summed E-state index contributed by atoms with van der Waals surface area (Å²) >= 11 is 0. The zero-order valence-electron chi connectivity index (χ0n) is 26.4. The van der Waals surface area contributed by atoms with E-state index in [2.05, 4.69) is 10.1 Å². The number of carbonyl (C=O) groups excluding carboxylic acids is 1. The Kier molecular flexibility index (Phi) is 12.6. The molecule has 0 radical (unpaired) electrons. The molecule has 1 atom stereocenters. The van der Waals surface area contributed by atoms with E-state index in [0.29, 0.717) is 11.3 Å².